The van der Waals surface area contributed by atoms with E-state index in [-0.39, 0.29) is 0 Å². The van der Waals surface area contributed by atoms with E-state index >= 15 is 0 Å². The van der Waals surface area contributed by atoms with Gasteiger partial charge in [0.15, 0.2) is 23.1 Å². The average molecular weight is 769 g/mol. The van der Waals surface area contributed by atoms with Crippen LogP contribution in [0.4, 0.5) is 0 Å². The predicted molar refractivity (Wildman–Crippen MR) is 242 cm³/mol. The minimum Gasteiger partial charge on any atom is -0.456 e. The van der Waals surface area contributed by atoms with Gasteiger partial charge in [-0.3, -0.25) is 0 Å². The van der Waals surface area contributed by atoms with Gasteiger partial charge in [-0.25, -0.2) is 19.9 Å². The summed E-state index contributed by atoms with van der Waals surface area (Å²) >= 11 is 0. The van der Waals surface area contributed by atoms with Crippen LogP contribution in [-0.2, 0) is 0 Å². The summed E-state index contributed by atoms with van der Waals surface area (Å²) in [5.74, 6) is 2.32. The highest BCUT2D eigenvalue weighted by atomic mass is 16.4. The number of hydrogen-bond donors (Lipinski definition) is 0. The van der Waals surface area contributed by atoms with E-state index in [9.17, 15) is 0 Å². The summed E-state index contributed by atoms with van der Waals surface area (Å²) in [6.07, 6.45) is 0. The smallest absolute Gasteiger partial charge is 0.227 e. The van der Waals surface area contributed by atoms with Gasteiger partial charge in [0.2, 0.25) is 5.89 Å². The van der Waals surface area contributed by atoms with Crippen molar-refractivity contribution in [2.75, 3.05) is 0 Å². The van der Waals surface area contributed by atoms with Crippen LogP contribution in [-0.4, -0.2) is 19.9 Å². The lowest BCUT2D eigenvalue weighted by molar-refractivity contribution is 0.623. The molecule has 0 fully saturated rings. The topological polar surface area (TPSA) is 77.8 Å². The van der Waals surface area contributed by atoms with Gasteiger partial charge in [0, 0.05) is 27.6 Å². The van der Waals surface area contributed by atoms with Crippen molar-refractivity contribution >= 4 is 54.6 Å². The zero-order valence-electron chi connectivity index (χ0n) is 32.1. The van der Waals surface area contributed by atoms with E-state index in [1.54, 1.807) is 0 Å². The molecule has 0 N–H and O–H groups in total. The Hall–Kier alpha value is -8.22. The summed E-state index contributed by atoms with van der Waals surface area (Å²) in [5.41, 5.74) is 10.8. The summed E-state index contributed by atoms with van der Waals surface area (Å²) in [6.45, 7) is 0. The zero-order valence-corrected chi connectivity index (χ0v) is 32.1. The van der Waals surface area contributed by atoms with Gasteiger partial charge in [-0.2, -0.15) is 0 Å². The van der Waals surface area contributed by atoms with Crippen LogP contribution in [0.3, 0.4) is 0 Å². The standard InChI is InChI=1S/C54H32N4O2/c1-3-14-33(15-4-1)38-20-9-11-23-41(38)52-56-51(57-53(58-52)42-24-12-10-21-39(42)34-16-5-2-6-17-34)37-27-26-36-28-30-46-48(44(36)32-37)49-47(59-46)31-29-45-50(49)60-54(55-45)43-25-13-19-35-18-7-8-22-40(35)43/h1-32H. The van der Waals surface area contributed by atoms with Crippen LogP contribution in [0.15, 0.2) is 203 Å². The Morgan fingerprint density at radius 2 is 0.850 bits per heavy atom. The molecule has 6 heteroatoms. The molecule has 0 unspecified atom stereocenters. The maximum Gasteiger partial charge on any atom is 0.227 e. The first-order valence-corrected chi connectivity index (χ1v) is 20.0. The van der Waals surface area contributed by atoms with E-state index < -0.39 is 0 Å². The van der Waals surface area contributed by atoms with Gasteiger partial charge in [-0.15, -0.1) is 0 Å². The molecule has 3 heterocycles. The molecular formula is C54H32N4O2. The molecule has 0 atom stereocenters. The fourth-order valence-electron chi connectivity index (χ4n) is 8.56. The average Bonchev–Trinajstić information content (AvgIpc) is 3.94. The lowest BCUT2D eigenvalue weighted by atomic mass is 9.98. The Kier molecular flexibility index (Phi) is 7.74. The van der Waals surface area contributed by atoms with Crippen molar-refractivity contribution in [2.45, 2.75) is 0 Å². The van der Waals surface area contributed by atoms with Gasteiger partial charge in [0.1, 0.15) is 16.7 Å². The largest absolute Gasteiger partial charge is 0.456 e. The molecular weight excluding hydrogens is 737 g/mol. The molecule has 12 rings (SSSR count). The van der Waals surface area contributed by atoms with Crippen LogP contribution >= 0.6 is 0 Å². The van der Waals surface area contributed by atoms with Gasteiger partial charge in [0.25, 0.3) is 0 Å². The minimum atomic E-state index is 0.565. The van der Waals surface area contributed by atoms with E-state index in [2.05, 4.69) is 133 Å². The van der Waals surface area contributed by atoms with Crippen molar-refractivity contribution in [1.29, 1.82) is 0 Å². The molecule has 3 aromatic heterocycles. The molecule has 0 bridgehead atoms. The molecule has 9 aromatic carbocycles. The van der Waals surface area contributed by atoms with Crippen molar-refractivity contribution in [3.63, 3.8) is 0 Å². The molecule has 0 saturated heterocycles. The third-order valence-corrected chi connectivity index (χ3v) is 11.4. The Morgan fingerprint density at radius 1 is 0.317 bits per heavy atom. The Balaban J connectivity index is 1.09. The molecule has 0 aliphatic heterocycles. The molecule has 0 radical (unpaired) electrons. The van der Waals surface area contributed by atoms with Crippen molar-refractivity contribution in [2.24, 2.45) is 0 Å². The number of rotatable bonds is 6. The number of fused-ring (bicyclic) bond motifs is 8. The van der Waals surface area contributed by atoms with E-state index in [4.69, 9.17) is 28.8 Å². The van der Waals surface area contributed by atoms with Gasteiger partial charge in [-0.1, -0.05) is 164 Å². The molecule has 0 aliphatic rings. The Bertz CT molecular complexity index is 3500. The molecule has 0 spiro atoms. The molecule has 60 heavy (non-hydrogen) atoms. The van der Waals surface area contributed by atoms with Crippen molar-refractivity contribution in [3.05, 3.63) is 194 Å². The minimum absolute atomic E-state index is 0.565. The normalized spacial score (nSPS) is 11.7. The fourth-order valence-corrected chi connectivity index (χ4v) is 8.56. The van der Waals surface area contributed by atoms with E-state index in [1.807, 2.05) is 60.7 Å². The third kappa shape index (κ3) is 5.57. The zero-order chi connectivity index (χ0) is 39.6. The second kappa shape index (κ2) is 13.7. The van der Waals surface area contributed by atoms with Crippen molar-refractivity contribution < 1.29 is 8.83 Å². The first kappa shape index (κ1) is 33.9. The number of benzene rings is 9. The van der Waals surface area contributed by atoms with Gasteiger partial charge < -0.3 is 8.83 Å². The second-order valence-electron chi connectivity index (χ2n) is 14.9. The highest BCUT2D eigenvalue weighted by Gasteiger charge is 2.22. The van der Waals surface area contributed by atoms with E-state index in [0.29, 0.717) is 28.9 Å². The van der Waals surface area contributed by atoms with Gasteiger partial charge in [0.05, 0.1) is 5.39 Å². The van der Waals surface area contributed by atoms with Crippen LogP contribution < -0.4 is 0 Å². The second-order valence-corrected chi connectivity index (χ2v) is 14.9. The summed E-state index contributed by atoms with van der Waals surface area (Å²) in [4.78, 5) is 20.8. The van der Waals surface area contributed by atoms with Crippen molar-refractivity contribution in [3.8, 4) is 67.9 Å². The number of hydrogen-bond acceptors (Lipinski definition) is 6. The predicted octanol–water partition coefficient (Wildman–Crippen LogP) is 14.2. The van der Waals surface area contributed by atoms with Crippen LogP contribution in [0.25, 0.3) is 122 Å². The molecule has 0 amide bonds. The maximum absolute atomic E-state index is 6.73. The molecule has 280 valence electrons. The number of aromatic nitrogens is 4. The maximum atomic E-state index is 6.73. The van der Waals surface area contributed by atoms with Crippen LogP contribution in [0.5, 0.6) is 0 Å². The van der Waals surface area contributed by atoms with Gasteiger partial charge >= 0.3 is 0 Å². The summed E-state index contributed by atoms with van der Waals surface area (Å²) in [6, 6.07) is 66.4. The molecule has 12 aromatic rings. The highest BCUT2D eigenvalue weighted by Crippen LogP contribution is 2.42. The summed E-state index contributed by atoms with van der Waals surface area (Å²) in [7, 11) is 0. The monoisotopic (exact) mass is 768 g/mol. The molecule has 0 saturated carbocycles. The van der Waals surface area contributed by atoms with Crippen LogP contribution in [0.2, 0.25) is 0 Å². The molecule has 6 nitrogen and oxygen atoms in total. The quantitative estimate of drug-likeness (QED) is 0.168. The number of furan rings is 1. The first-order chi connectivity index (χ1) is 29.7. The third-order valence-electron chi connectivity index (χ3n) is 11.4. The summed E-state index contributed by atoms with van der Waals surface area (Å²) in [5, 5.41) is 6.11. The fraction of sp³-hybridized carbons (Fsp3) is 0. The van der Waals surface area contributed by atoms with E-state index in [1.165, 1.54) is 0 Å². The number of nitrogens with zero attached hydrogens (tertiary/aromatic N) is 4. The Morgan fingerprint density at radius 3 is 1.57 bits per heavy atom. The lowest BCUT2D eigenvalue weighted by Gasteiger charge is -2.14. The number of oxazole rings is 1. The summed E-state index contributed by atoms with van der Waals surface area (Å²) < 4.78 is 13.3. The molecule has 0 aliphatic carbocycles. The van der Waals surface area contributed by atoms with Crippen LogP contribution in [0, 0.1) is 0 Å². The first-order valence-electron chi connectivity index (χ1n) is 20.0. The van der Waals surface area contributed by atoms with E-state index in [0.717, 1.165) is 93.5 Å². The van der Waals surface area contributed by atoms with Gasteiger partial charge in [-0.05, 0) is 74.1 Å². The Labute approximate surface area is 344 Å². The lowest BCUT2D eigenvalue weighted by Crippen LogP contribution is -2.02. The van der Waals surface area contributed by atoms with Crippen LogP contribution in [0.1, 0.15) is 0 Å². The van der Waals surface area contributed by atoms with Crippen molar-refractivity contribution in [1.82, 2.24) is 19.9 Å². The SMILES string of the molecule is c1ccc(-c2ccccc2-c2nc(-c3ccc4ccc5oc6ccc7nc(-c8cccc9ccccc89)oc7c6c5c4c3)nc(-c3ccccc3-c3ccccc3)n2)cc1. The highest BCUT2D eigenvalue weighted by molar-refractivity contribution is 6.25.